The van der Waals surface area contributed by atoms with Gasteiger partial charge in [-0.2, -0.15) is 0 Å². The molecule has 60 valence electrons. The third kappa shape index (κ3) is 2.67. The van der Waals surface area contributed by atoms with Crippen molar-refractivity contribution >= 4 is 0 Å². The molecule has 2 heteroatoms. The van der Waals surface area contributed by atoms with Gasteiger partial charge in [-0.05, 0) is 20.8 Å². The number of ether oxygens (including phenoxy) is 2. The zero-order valence-corrected chi connectivity index (χ0v) is 7.02. The predicted molar refractivity (Wildman–Crippen MR) is 40.1 cm³/mol. The van der Waals surface area contributed by atoms with E-state index in [1.54, 1.807) is 0 Å². The second kappa shape index (κ2) is 2.89. The van der Waals surface area contributed by atoms with E-state index in [9.17, 15) is 0 Å². The topological polar surface area (TPSA) is 21.8 Å². The lowest BCUT2D eigenvalue weighted by Gasteiger charge is -2.23. The van der Waals surface area contributed by atoms with Crippen LogP contribution >= 0.6 is 0 Å². The Kier molecular flexibility index (Phi) is 2.32. The van der Waals surface area contributed by atoms with Crippen LogP contribution in [-0.2, 0) is 9.47 Å². The Morgan fingerprint density at radius 1 is 1.60 bits per heavy atom. The Morgan fingerprint density at radius 3 is 2.60 bits per heavy atom. The van der Waals surface area contributed by atoms with E-state index >= 15 is 0 Å². The summed E-state index contributed by atoms with van der Waals surface area (Å²) in [4.78, 5) is 0. The van der Waals surface area contributed by atoms with Gasteiger partial charge in [0.1, 0.15) is 0 Å². The number of hydrogen-bond donors (Lipinski definition) is 0. The first kappa shape index (κ1) is 8.02. The number of rotatable bonds is 4. The second-order valence-corrected chi connectivity index (χ2v) is 3.35. The van der Waals surface area contributed by atoms with Gasteiger partial charge in [-0.15, -0.1) is 0 Å². The summed E-state index contributed by atoms with van der Waals surface area (Å²) in [5.74, 6) is 0. The Hall–Kier alpha value is -0.0800. The van der Waals surface area contributed by atoms with Gasteiger partial charge in [-0.1, -0.05) is 0 Å². The molecule has 1 saturated heterocycles. The minimum atomic E-state index is 0.00984. The predicted octanol–water partition coefficient (Wildman–Crippen LogP) is 1.59. The summed E-state index contributed by atoms with van der Waals surface area (Å²) in [6.45, 7) is 7.96. The molecule has 2 nitrogen and oxygen atoms in total. The molecule has 0 radical (unpaired) electrons. The summed E-state index contributed by atoms with van der Waals surface area (Å²) in [6.07, 6.45) is 1.50. The second-order valence-electron chi connectivity index (χ2n) is 3.35. The van der Waals surface area contributed by atoms with E-state index in [1.807, 2.05) is 6.92 Å². The van der Waals surface area contributed by atoms with Crippen LogP contribution in [0.25, 0.3) is 0 Å². The van der Waals surface area contributed by atoms with Crippen molar-refractivity contribution in [1.29, 1.82) is 0 Å². The standard InChI is InChI=1S/C8H16O2/c1-4-10-8(2,3)5-7-6-9-7/h7H,4-6H2,1-3H3. The van der Waals surface area contributed by atoms with Crippen LogP contribution in [0.2, 0.25) is 0 Å². The maximum atomic E-state index is 5.50. The minimum absolute atomic E-state index is 0.00984. The first-order chi connectivity index (χ1) is 4.64. The molecule has 1 unspecified atom stereocenters. The van der Waals surface area contributed by atoms with Crippen molar-refractivity contribution in [2.45, 2.75) is 38.9 Å². The molecule has 0 aromatic rings. The Balaban J connectivity index is 2.19. The summed E-state index contributed by atoms with van der Waals surface area (Å²) >= 11 is 0. The number of epoxide rings is 1. The van der Waals surface area contributed by atoms with Gasteiger partial charge in [-0.25, -0.2) is 0 Å². The summed E-state index contributed by atoms with van der Waals surface area (Å²) in [5.41, 5.74) is 0.00984. The zero-order chi connectivity index (χ0) is 7.61. The van der Waals surface area contributed by atoms with Crippen LogP contribution in [0.15, 0.2) is 0 Å². The average molecular weight is 144 g/mol. The number of hydrogen-bond acceptors (Lipinski definition) is 2. The van der Waals surface area contributed by atoms with Crippen molar-refractivity contribution in [2.24, 2.45) is 0 Å². The Labute approximate surface area is 62.5 Å². The molecule has 1 rings (SSSR count). The normalized spacial score (nSPS) is 24.9. The van der Waals surface area contributed by atoms with Gasteiger partial charge < -0.3 is 9.47 Å². The summed E-state index contributed by atoms with van der Waals surface area (Å²) < 4.78 is 10.6. The van der Waals surface area contributed by atoms with Crippen LogP contribution in [0.1, 0.15) is 27.2 Å². The van der Waals surface area contributed by atoms with Crippen LogP contribution in [-0.4, -0.2) is 24.9 Å². The molecule has 0 amide bonds. The summed E-state index contributed by atoms with van der Waals surface area (Å²) in [5, 5.41) is 0. The highest BCUT2D eigenvalue weighted by Gasteiger charge is 2.31. The Bertz CT molecular complexity index is 106. The third-order valence-corrected chi connectivity index (χ3v) is 1.66. The molecule has 0 aliphatic carbocycles. The highest BCUT2D eigenvalue weighted by Crippen LogP contribution is 2.24. The molecule has 0 saturated carbocycles. The van der Waals surface area contributed by atoms with E-state index in [1.165, 1.54) is 0 Å². The van der Waals surface area contributed by atoms with Crippen molar-refractivity contribution in [3.05, 3.63) is 0 Å². The van der Waals surface area contributed by atoms with Gasteiger partial charge in [0.2, 0.25) is 0 Å². The average Bonchev–Trinajstić information content (AvgIpc) is 2.48. The van der Waals surface area contributed by atoms with Crippen molar-refractivity contribution in [3.8, 4) is 0 Å². The van der Waals surface area contributed by atoms with Gasteiger partial charge in [0.15, 0.2) is 0 Å². The van der Waals surface area contributed by atoms with E-state index in [-0.39, 0.29) is 5.60 Å². The molecule has 1 heterocycles. The van der Waals surface area contributed by atoms with E-state index in [0.717, 1.165) is 19.6 Å². The molecular weight excluding hydrogens is 128 g/mol. The molecule has 0 bridgehead atoms. The maximum Gasteiger partial charge on any atom is 0.0837 e. The lowest BCUT2D eigenvalue weighted by Crippen LogP contribution is -2.26. The summed E-state index contributed by atoms with van der Waals surface area (Å²) in [6, 6.07) is 0. The lowest BCUT2D eigenvalue weighted by atomic mass is 10.0. The highest BCUT2D eigenvalue weighted by molar-refractivity contribution is 4.80. The monoisotopic (exact) mass is 144 g/mol. The van der Waals surface area contributed by atoms with Crippen molar-refractivity contribution < 1.29 is 9.47 Å². The first-order valence-electron chi connectivity index (χ1n) is 3.89. The molecule has 1 atom stereocenters. The van der Waals surface area contributed by atoms with Crippen LogP contribution in [0.4, 0.5) is 0 Å². The van der Waals surface area contributed by atoms with Gasteiger partial charge in [0.05, 0.1) is 18.3 Å². The molecule has 1 fully saturated rings. The van der Waals surface area contributed by atoms with Crippen molar-refractivity contribution in [2.75, 3.05) is 13.2 Å². The highest BCUT2D eigenvalue weighted by atomic mass is 16.6. The summed E-state index contributed by atoms with van der Waals surface area (Å²) in [7, 11) is 0. The minimum Gasteiger partial charge on any atom is -0.376 e. The lowest BCUT2D eigenvalue weighted by molar-refractivity contribution is -0.0206. The largest absolute Gasteiger partial charge is 0.376 e. The molecule has 1 aliphatic heterocycles. The van der Waals surface area contributed by atoms with Crippen LogP contribution in [0.5, 0.6) is 0 Å². The van der Waals surface area contributed by atoms with E-state index in [2.05, 4.69) is 13.8 Å². The van der Waals surface area contributed by atoms with Crippen molar-refractivity contribution in [3.63, 3.8) is 0 Å². The molecular formula is C8H16O2. The smallest absolute Gasteiger partial charge is 0.0837 e. The van der Waals surface area contributed by atoms with E-state index < -0.39 is 0 Å². The fourth-order valence-electron chi connectivity index (χ4n) is 1.18. The zero-order valence-electron chi connectivity index (χ0n) is 7.02. The van der Waals surface area contributed by atoms with Gasteiger partial charge in [-0.3, -0.25) is 0 Å². The fraction of sp³-hybridized carbons (Fsp3) is 1.00. The Morgan fingerprint density at radius 2 is 2.20 bits per heavy atom. The third-order valence-electron chi connectivity index (χ3n) is 1.66. The first-order valence-corrected chi connectivity index (χ1v) is 3.89. The SMILES string of the molecule is CCOC(C)(C)CC1CO1. The van der Waals surface area contributed by atoms with Crippen molar-refractivity contribution in [1.82, 2.24) is 0 Å². The van der Waals surface area contributed by atoms with Crippen LogP contribution in [0.3, 0.4) is 0 Å². The van der Waals surface area contributed by atoms with Gasteiger partial charge in [0, 0.05) is 13.0 Å². The molecule has 10 heavy (non-hydrogen) atoms. The maximum absolute atomic E-state index is 5.50. The fourth-order valence-corrected chi connectivity index (χ4v) is 1.18. The van der Waals surface area contributed by atoms with Crippen LogP contribution in [0, 0.1) is 0 Å². The quantitative estimate of drug-likeness (QED) is 0.559. The van der Waals surface area contributed by atoms with Crippen LogP contribution < -0.4 is 0 Å². The molecule has 0 aromatic heterocycles. The molecule has 1 aliphatic rings. The molecule has 0 aromatic carbocycles. The van der Waals surface area contributed by atoms with Gasteiger partial charge >= 0.3 is 0 Å². The van der Waals surface area contributed by atoms with E-state index in [0.29, 0.717) is 6.10 Å². The van der Waals surface area contributed by atoms with Gasteiger partial charge in [0.25, 0.3) is 0 Å². The molecule has 0 N–H and O–H groups in total. The molecule has 0 spiro atoms. The van der Waals surface area contributed by atoms with E-state index in [4.69, 9.17) is 9.47 Å².